The molecule has 2 heterocycles. The van der Waals surface area contributed by atoms with Crippen LogP contribution in [0.15, 0.2) is 54.7 Å². The van der Waals surface area contributed by atoms with Crippen molar-refractivity contribution < 1.29 is 4.79 Å². The predicted octanol–water partition coefficient (Wildman–Crippen LogP) is 4.44. The smallest absolute Gasteiger partial charge is 0.248 e. The zero-order valence-corrected chi connectivity index (χ0v) is 15.9. The second-order valence-electron chi connectivity index (χ2n) is 6.28. The molecule has 3 rings (SSSR count). The Morgan fingerprint density at radius 3 is 2.67 bits per heavy atom. The van der Waals surface area contributed by atoms with Gasteiger partial charge in [0.1, 0.15) is 5.82 Å². The zero-order chi connectivity index (χ0) is 19.2. The number of rotatable bonds is 6. The van der Waals surface area contributed by atoms with Gasteiger partial charge in [0.05, 0.1) is 11.2 Å². The van der Waals surface area contributed by atoms with Gasteiger partial charge in [-0.25, -0.2) is 4.98 Å². The first-order valence-corrected chi connectivity index (χ1v) is 9.17. The Morgan fingerprint density at radius 2 is 1.96 bits per heavy atom. The average molecular weight is 360 g/mol. The number of carbonyl (C=O) groups is 1. The van der Waals surface area contributed by atoms with Crippen LogP contribution in [0.2, 0.25) is 0 Å². The maximum Gasteiger partial charge on any atom is 0.248 e. The topological polar surface area (TPSA) is 58.1 Å². The molecule has 0 aliphatic carbocycles. The predicted molar refractivity (Wildman–Crippen MR) is 112 cm³/mol. The first kappa shape index (κ1) is 18.6. The second kappa shape index (κ2) is 8.45. The van der Waals surface area contributed by atoms with E-state index in [1.54, 1.807) is 12.3 Å². The zero-order valence-electron chi connectivity index (χ0n) is 15.9. The number of nitrogens with one attached hydrogen (secondary N) is 1. The first-order valence-electron chi connectivity index (χ1n) is 9.17. The molecule has 0 atom stereocenters. The summed E-state index contributed by atoms with van der Waals surface area (Å²) in [4.78, 5) is 23.3. The minimum atomic E-state index is -0.189. The summed E-state index contributed by atoms with van der Waals surface area (Å²) in [7, 11) is 0. The summed E-state index contributed by atoms with van der Waals surface area (Å²) >= 11 is 0. The van der Waals surface area contributed by atoms with E-state index in [-0.39, 0.29) is 5.91 Å². The maximum atomic E-state index is 12.2. The number of hydrogen-bond donors (Lipinski definition) is 1. The van der Waals surface area contributed by atoms with Gasteiger partial charge in [-0.15, -0.1) is 0 Å². The third-order valence-corrected chi connectivity index (χ3v) is 4.45. The fraction of sp³-hybridized carbons (Fsp3) is 0.227. The largest absolute Gasteiger partial charge is 0.357 e. The molecule has 0 radical (unpaired) electrons. The fourth-order valence-corrected chi connectivity index (χ4v) is 2.98. The first-order chi connectivity index (χ1) is 13.1. The highest BCUT2D eigenvalue weighted by molar-refractivity contribution is 6.03. The number of carbonyl (C=O) groups excluding carboxylic acids is 1. The van der Waals surface area contributed by atoms with E-state index in [2.05, 4.69) is 42.0 Å². The molecular formula is C22H24N4O. The number of aryl methyl sites for hydroxylation is 1. The van der Waals surface area contributed by atoms with Gasteiger partial charge in [0, 0.05) is 36.4 Å². The van der Waals surface area contributed by atoms with Crippen molar-refractivity contribution in [3.63, 3.8) is 0 Å². The van der Waals surface area contributed by atoms with Crippen LogP contribution < -0.4 is 10.2 Å². The third-order valence-electron chi connectivity index (χ3n) is 4.45. The van der Waals surface area contributed by atoms with Gasteiger partial charge in [-0.1, -0.05) is 6.07 Å². The highest BCUT2D eigenvalue weighted by atomic mass is 16.1. The van der Waals surface area contributed by atoms with E-state index < -0.39 is 0 Å². The van der Waals surface area contributed by atoms with E-state index in [1.807, 2.05) is 36.4 Å². The number of fused-ring (bicyclic) bond motifs is 1. The molecule has 0 bridgehead atoms. The average Bonchev–Trinajstić information content (AvgIpc) is 2.69. The number of hydrogen-bond acceptors (Lipinski definition) is 4. The molecule has 0 saturated heterocycles. The Bertz CT molecular complexity index is 963. The molecule has 138 valence electrons. The number of amides is 1. The lowest BCUT2D eigenvalue weighted by Gasteiger charge is -2.21. The van der Waals surface area contributed by atoms with E-state index in [0.717, 1.165) is 46.8 Å². The van der Waals surface area contributed by atoms with Crippen LogP contribution in [0.3, 0.4) is 0 Å². The third kappa shape index (κ3) is 4.50. The molecule has 0 fully saturated rings. The minimum absolute atomic E-state index is 0.189. The molecule has 1 amide bonds. The van der Waals surface area contributed by atoms with Gasteiger partial charge < -0.3 is 10.2 Å². The Balaban J connectivity index is 1.80. The molecular weight excluding hydrogens is 336 g/mol. The van der Waals surface area contributed by atoms with Crippen LogP contribution in [0.25, 0.3) is 17.0 Å². The summed E-state index contributed by atoms with van der Waals surface area (Å²) in [5, 5.41) is 3.94. The summed E-state index contributed by atoms with van der Waals surface area (Å²) in [5.74, 6) is 0.797. The summed E-state index contributed by atoms with van der Waals surface area (Å²) < 4.78 is 0. The fourth-order valence-electron chi connectivity index (χ4n) is 2.98. The van der Waals surface area contributed by atoms with Crippen molar-refractivity contribution in [3.8, 4) is 0 Å². The monoisotopic (exact) mass is 360 g/mol. The Morgan fingerprint density at radius 1 is 1.15 bits per heavy atom. The van der Waals surface area contributed by atoms with Crippen LogP contribution in [0, 0.1) is 6.92 Å². The highest BCUT2D eigenvalue weighted by Gasteiger charge is 2.09. The number of benzene rings is 1. The summed E-state index contributed by atoms with van der Waals surface area (Å²) in [6.07, 6.45) is 4.88. The highest BCUT2D eigenvalue weighted by Crippen LogP contribution is 2.25. The molecule has 0 saturated carbocycles. The second-order valence-corrected chi connectivity index (χ2v) is 6.28. The number of anilines is 2. The lowest BCUT2D eigenvalue weighted by atomic mass is 10.1. The Labute approximate surface area is 159 Å². The lowest BCUT2D eigenvalue weighted by molar-refractivity contribution is -0.111. The quantitative estimate of drug-likeness (QED) is 0.661. The summed E-state index contributed by atoms with van der Waals surface area (Å²) in [6, 6.07) is 13.5. The Hall–Kier alpha value is -3.21. The van der Waals surface area contributed by atoms with Crippen molar-refractivity contribution in [2.75, 3.05) is 23.3 Å². The van der Waals surface area contributed by atoms with Crippen LogP contribution in [-0.2, 0) is 4.79 Å². The molecule has 27 heavy (non-hydrogen) atoms. The van der Waals surface area contributed by atoms with Gasteiger partial charge in [0.25, 0.3) is 0 Å². The van der Waals surface area contributed by atoms with Gasteiger partial charge in [-0.3, -0.25) is 9.78 Å². The molecule has 5 nitrogen and oxygen atoms in total. The molecule has 0 aliphatic rings. The summed E-state index contributed by atoms with van der Waals surface area (Å²) in [5.41, 5.74) is 3.56. The van der Waals surface area contributed by atoms with Crippen LogP contribution in [0.5, 0.6) is 0 Å². The molecule has 3 aromatic rings. The molecule has 1 N–H and O–H groups in total. The number of pyridine rings is 2. The number of aromatic nitrogens is 2. The molecule has 5 heteroatoms. The van der Waals surface area contributed by atoms with Gasteiger partial charge in [0.15, 0.2) is 0 Å². The van der Waals surface area contributed by atoms with Gasteiger partial charge in [-0.05, 0) is 68.8 Å². The van der Waals surface area contributed by atoms with Crippen molar-refractivity contribution >= 4 is 34.4 Å². The van der Waals surface area contributed by atoms with Crippen LogP contribution in [0.4, 0.5) is 11.5 Å². The van der Waals surface area contributed by atoms with Crippen molar-refractivity contribution in [1.29, 1.82) is 0 Å². The number of nitrogens with zero attached hydrogens (tertiary/aromatic N) is 3. The molecule has 0 spiro atoms. The van der Waals surface area contributed by atoms with Crippen molar-refractivity contribution in [2.45, 2.75) is 20.8 Å². The van der Waals surface area contributed by atoms with E-state index >= 15 is 0 Å². The van der Waals surface area contributed by atoms with Gasteiger partial charge in [0.2, 0.25) is 5.91 Å². The van der Waals surface area contributed by atoms with Crippen molar-refractivity contribution in [3.05, 3.63) is 66.0 Å². The lowest BCUT2D eigenvalue weighted by Crippen LogP contribution is -2.23. The van der Waals surface area contributed by atoms with Gasteiger partial charge >= 0.3 is 0 Å². The molecule has 2 aromatic heterocycles. The van der Waals surface area contributed by atoms with Gasteiger partial charge in [-0.2, -0.15) is 0 Å². The standard InChI is InChI=1S/C22H24N4O/c1-4-26(5-2)21-14-16(3)19-15-18(9-11-20(19)25-21)24-22(27)12-10-17-8-6-7-13-23-17/h6-15H,4-5H2,1-3H3,(H,24,27)/b12-10+. The van der Waals surface area contributed by atoms with E-state index in [1.165, 1.54) is 6.08 Å². The van der Waals surface area contributed by atoms with E-state index in [9.17, 15) is 4.79 Å². The van der Waals surface area contributed by atoms with Crippen LogP contribution in [-0.4, -0.2) is 29.0 Å². The maximum absolute atomic E-state index is 12.2. The normalized spacial score (nSPS) is 11.1. The van der Waals surface area contributed by atoms with E-state index in [4.69, 9.17) is 4.98 Å². The van der Waals surface area contributed by atoms with Crippen LogP contribution >= 0.6 is 0 Å². The SMILES string of the molecule is CCN(CC)c1cc(C)c2cc(NC(=O)/C=C/c3ccccn3)ccc2n1. The van der Waals surface area contributed by atoms with E-state index in [0.29, 0.717) is 0 Å². The summed E-state index contributed by atoms with van der Waals surface area (Å²) in [6.45, 7) is 8.17. The molecule has 0 aliphatic heterocycles. The minimum Gasteiger partial charge on any atom is -0.357 e. The molecule has 1 aromatic carbocycles. The van der Waals surface area contributed by atoms with Crippen molar-refractivity contribution in [2.24, 2.45) is 0 Å². The van der Waals surface area contributed by atoms with Crippen molar-refractivity contribution in [1.82, 2.24) is 9.97 Å². The van der Waals surface area contributed by atoms with Crippen LogP contribution in [0.1, 0.15) is 25.1 Å². The molecule has 0 unspecified atom stereocenters. The Kier molecular flexibility index (Phi) is 5.81.